The monoisotopic (exact) mass is 288 g/mol. The summed E-state index contributed by atoms with van der Waals surface area (Å²) in [6, 6.07) is 8.31. The fourth-order valence-electron chi connectivity index (χ4n) is 1.96. The minimum Gasteiger partial charge on any atom is -0.332 e. The molecule has 0 unspecified atom stereocenters. The minimum absolute atomic E-state index is 0.534. The summed E-state index contributed by atoms with van der Waals surface area (Å²) in [4.78, 5) is 0. The molecule has 0 fully saturated rings. The van der Waals surface area contributed by atoms with Crippen LogP contribution in [0.3, 0.4) is 0 Å². The van der Waals surface area contributed by atoms with E-state index < -0.39 is 0 Å². The molecule has 2 rings (SSSR count). The van der Waals surface area contributed by atoms with E-state index in [1.54, 1.807) is 4.68 Å². The largest absolute Gasteiger partial charge is 0.332 e. The molecule has 5 heteroatoms. The SMILES string of the molecule is Cc1nn(C)cc1NC(=S)Nc1ccc(C(C)C)cc1. The Morgan fingerprint density at radius 2 is 1.85 bits per heavy atom. The van der Waals surface area contributed by atoms with Gasteiger partial charge in [-0.2, -0.15) is 5.10 Å². The van der Waals surface area contributed by atoms with Gasteiger partial charge in [0.2, 0.25) is 0 Å². The van der Waals surface area contributed by atoms with Crippen LogP contribution in [0.5, 0.6) is 0 Å². The van der Waals surface area contributed by atoms with Crippen LogP contribution in [0.4, 0.5) is 11.4 Å². The predicted octanol–water partition coefficient (Wildman–Crippen LogP) is 3.66. The lowest BCUT2D eigenvalue weighted by Gasteiger charge is -2.11. The number of hydrogen-bond donors (Lipinski definition) is 2. The smallest absolute Gasteiger partial charge is 0.175 e. The fourth-order valence-corrected chi connectivity index (χ4v) is 2.19. The van der Waals surface area contributed by atoms with Crippen LogP contribution < -0.4 is 10.6 Å². The highest BCUT2D eigenvalue weighted by molar-refractivity contribution is 7.80. The van der Waals surface area contributed by atoms with Crippen molar-refractivity contribution in [1.29, 1.82) is 0 Å². The first-order valence-electron chi connectivity index (χ1n) is 6.64. The van der Waals surface area contributed by atoms with Crippen molar-refractivity contribution in [3.05, 3.63) is 41.7 Å². The molecule has 106 valence electrons. The van der Waals surface area contributed by atoms with Gasteiger partial charge in [0, 0.05) is 18.9 Å². The Morgan fingerprint density at radius 3 is 2.35 bits per heavy atom. The average Bonchev–Trinajstić information content (AvgIpc) is 2.68. The van der Waals surface area contributed by atoms with Crippen molar-refractivity contribution in [2.24, 2.45) is 7.05 Å². The summed E-state index contributed by atoms with van der Waals surface area (Å²) in [7, 11) is 1.89. The molecule has 20 heavy (non-hydrogen) atoms. The van der Waals surface area contributed by atoms with Crippen molar-refractivity contribution in [2.45, 2.75) is 26.7 Å². The molecule has 0 radical (unpaired) electrons. The highest BCUT2D eigenvalue weighted by Gasteiger charge is 2.05. The molecule has 4 nitrogen and oxygen atoms in total. The molecule has 0 amide bonds. The average molecular weight is 288 g/mol. The van der Waals surface area contributed by atoms with Crippen molar-refractivity contribution in [2.75, 3.05) is 10.6 Å². The molecule has 1 heterocycles. The molecule has 0 aliphatic carbocycles. The third-order valence-corrected chi connectivity index (χ3v) is 3.30. The first-order valence-corrected chi connectivity index (χ1v) is 7.04. The van der Waals surface area contributed by atoms with Crippen molar-refractivity contribution >= 4 is 28.7 Å². The molecule has 1 aromatic heterocycles. The van der Waals surface area contributed by atoms with Gasteiger partial charge in [-0.05, 0) is 42.8 Å². The third kappa shape index (κ3) is 3.57. The Kier molecular flexibility index (Phi) is 4.39. The van der Waals surface area contributed by atoms with Gasteiger partial charge < -0.3 is 10.6 Å². The molecule has 0 spiro atoms. The Bertz CT molecular complexity index is 599. The predicted molar refractivity (Wildman–Crippen MR) is 88.3 cm³/mol. The van der Waals surface area contributed by atoms with Gasteiger partial charge in [-0.15, -0.1) is 0 Å². The lowest BCUT2D eigenvalue weighted by molar-refractivity contribution is 0.756. The molecule has 1 aromatic carbocycles. The number of hydrogen-bond acceptors (Lipinski definition) is 2. The van der Waals surface area contributed by atoms with Gasteiger partial charge in [0.05, 0.1) is 11.4 Å². The summed E-state index contributed by atoms with van der Waals surface area (Å²) in [6.07, 6.45) is 1.91. The van der Waals surface area contributed by atoms with E-state index >= 15 is 0 Å². The lowest BCUT2D eigenvalue weighted by atomic mass is 10.0. The second-order valence-electron chi connectivity index (χ2n) is 5.16. The number of rotatable bonds is 3. The Hall–Kier alpha value is -1.88. The number of nitrogens with one attached hydrogen (secondary N) is 2. The second kappa shape index (κ2) is 6.05. The first kappa shape index (κ1) is 14.5. The Morgan fingerprint density at radius 1 is 1.20 bits per heavy atom. The van der Waals surface area contributed by atoms with Gasteiger partial charge in [-0.1, -0.05) is 26.0 Å². The van der Waals surface area contributed by atoms with E-state index in [9.17, 15) is 0 Å². The fraction of sp³-hybridized carbons (Fsp3) is 0.333. The zero-order valence-electron chi connectivity index (χ0n) is 12.3. The molecular weight excluding hydrogens is 268 g/mol. The zero-order valence-corrected chi connectivity index (χ0v) is 13.1. The van der Waals surface area contributed by atoms with Crippen molar-refractivity contribution in [3.8, 4) is 0 Å². The topological polar surface area (TPSA) is 41.9 Å². The number of anilines is 2. The van der Waals surface area contributed by atoms with Gasteiger partial charge in [-0.25, -0.2) is 0 Å². The first-order chi connectivity index (χ1) is 9.45. The van der Waals surface area contributed by atoms with Crippen LogP contribution in [0.1, 0.15) is 31.0 Å². The maximum Gasteiger partial charge on any atom is 0.175 e. The zero-order chi connectivity index (χ0) is 14.7. The van der Waals surface area contributed by atoms with Gasteiger partial charge in [0.15, 0.2) is 5.11 Å². The van der Waals surface area contributed by atoms with E-state index in [0.29, 0.717) is 11.0 Å². The van der Waals surface area contributed by atoms with E-state index in [0.717, 1.165) is 17.1 Å². The van der Waals surface area contributed by atoms with Crippen LogP contribution in [-0.2, 0) is 7.05 Å². The summed E-state index contributed by atoms with van der Waals surface area (Å²) in [5, 5.41) is 11.2. The number of benzene rings is 1. The number of nitrogens with zero attached hydrogens (tertiary/aromatic N) is 2. The van der Waals surface area contributed by atoms with E-state index in [2.05, 4.69) is 41.7 Å². The van der Waals surface area contributed by atoms with Gasteiger partial charge in [0.1, 0.15) is 0 Å². The van der Waals surface area contributed by atoms with Crippen molar-refractivity contribution < 1.29 is 0 Å². The number of aryl methyl sites for hydroxylation is 2. The summed E-state index contributed by atoms with van der Waals surface area (Å²) in [5.74, 6) is 0.534. The van der Waals surface area contributed by atoms with Crippen LogP contribution >= 0.6 is 12.2 Å². The summed E-state index contributed by atoms with van der Waals surface area (Å²) in [5.41, 5.74) is 4.14. The molecule has 0 saturated heterocycles. The van der Waals surface area contributed by atoms with Crippen LogP contribution in [-0.4, -0.2) is 14.9 Å². The van der Waals surface area contributed by atoms with Crippen molar-refractivity contribution in [3.63, 3.8) is 0 Å². The highest BCUT2D eigenvalue weighted by atomic mass is 32.1. The van der Waals surface area contributed by atoms with Gasteiger partial charge in [-0.3, -0.25) is 4.68 Å². The van der Waals surface area contributed by atoms with E-state index in [4.69, 9.17) is 12.2 Å². The minimum atomic E-state index is 0.534. The molecule has 2 N–H and O–H groups in total. The van der Waals surface area contributed by atoms with E-state index in [1.807, 2.05) is 32.3 Å². The lowest BCUT2D eigenvalue weighted by Crippen LogP contribution is -2.19. The summed E-state index contributed by atoms with van der Waals surface area (Å²) >= 11 is 5.31. The number of aromatic nitrogens is 2. The standard InChI is InChI=1S/C15H20N4S/c1-10(2)12-5-7-13(8-6-12)16-15(20)17-14-9-19(4)18-11(14)3/h5-10H,1-4H3,(H2,16,17,20). The maximum atomic E-state index is 5.31. The van der Waals surface area contributed by atoms with E-state index in [1.165, 1.54) is 5.56 Å². The Balaban J connectivity index is 1.99. The number of thiocarbonyl (C=S) groups is 1. The molecule has 0 atom stereocenters. The van der Waals surface area contributed by atoms with Crippen LogP contribution in [0.25, 0.3) is 0 Å². The molecular formula is C15H20N4S. The van der Waals surface area contributed by atoms with Crippen LogP contribution in [0.15, 0.2) is 30.5 Å². The van der Waals surface area contributed by atoms with E-state index in [-0.39, 0.29) is 0 Å². The Labute approximate surface area is 125 Å². The third-order valence-electron chi connectivity index (χ3n) is 3.10. The maximum absolute atomic E-state index is 5.31. The molecule has 0 bridgehead atoms. The second-order valence-corrected chi connectivity index (χ2v) is 5.57. The van der Waals surface area contributed by atoms with Gasteiger partial charge in [0.25, 0.3) is 0 Å². The summed E-state index contributed by atoms with van der Waals surface area (Å²) < 4.78 is 1.76. The molecule has 2 aromatic rings. The van der Waals surface area contributed by atoms with Gasteiger partial charge >= 0.3 is 0 Å². The quantitative estimate of drug-likeness (QED) is 0.846. The highest BCUT2D eigenvalue weighted by Crippen LogP contribution is 2.18. The summed E-state index contributed by atoms with van der Waals surface area (Å²) in [6.45, 7) is 6.31. The normalized spacial score (nSPS) is 10.7. The molecule has 0 saturated carbocycles. The van der Waals surface area contributed by atoms with Crippen molar-refractivity contribution in [1.82, 2.24) is 9.78 Å². The van der Waals surface area contributed by atoms with Crippen LogP contribution in [0.2, 0.25) is 0 Å². The molecule has 0 aliphatic rings. The van der Waals surface area contributed by atoms with Crippen LogP contribution in [0, 0.1) is 6.92 Å². The molecule has 0 aliphatic heterocycles.